The van der Waals surface area contributed by atoms with E-state index in [1.807, 2.05) is 0 Å². The number of amides is 1. The van der Waals surface area contributed by atoms with Gasteiger partial charge in [-0.25, -0.2) is 8.42 Å². The fourth-order valence-corrected chi connectivity index (χ4v) is 1.55. The lowest BCUT2D eigenvalue weighted by molar-refractivity contribution is -0.115. The first-order valence-corrected chi connectivity index (χ1v) is 6.89. The highest BCUT2D eigenvalue weighted by Gasteiger charge is 2.23. The Morgan fingerprint density at radius 2 is 1.81 bits per heavy atom. The van der Waals surface area contributed by atoms with Crippen LogP contribution < -0.4 is 5.32 Å². The number of carbonyl (C=O) groups excluding carboxylic acids is 1. The first-order valence-electron chi connectivity index (χ1n) is 4.56. The van der Waals surface area contributed by atoms with E-state index in [1.165, 1.54) is 6.92 Å². The predicted octanol–water partition coefficient (Wildman–Crippen LogP) is 1.71. The second-order valence-electron chi connectivity index (χ2n) is 3.47. The Hall–Kier alpha value is -1.07. The zero-order valence-corrected chi connectivity index (χ0v) is 10.5. The number of benzene rings is 1. The number of hydrogen-bond acceptors (Lipinski definition) is 3. The van der Waals surface area contributed by atoms with Crippen molar-refractivity contribution in [1.29, 1.82) is 0 Å². The van der Waals surface area contributed by atoms with Crippen LogP contribution in [0, 0.1) is 0 Å². The lowest BCUT2D eigenvalue weighted by Crippen LogP contribution is -2.31. The maximum Gasteiger partial charge on any atom is 0.242 e. The van der Waals surface area contributed by atoms with E-state index in [1.54, 1.807) is 24.3 Å². The third-order valence-corrected chi connectivity index (χ3v) is 3.87. The molecule has 0 aliphatic heterocycles. The van der Waals surface area contributed by atoms with Crippen molar-refractivity contribution in [3.8, 4) is 0 Å². The van der Waals surface area contributed by atoms with Crippen LogP contribution in [0.15, 0.2) is 24.3 Å². The average molecular weight is 262 g/mol. The summed E-state index contributed by atoms with van der Waals surface area (Å²) in [5.74, 6) is -0.551. The van der Waals surface area contributed by atoms with Crippen molar-refractivity contribution in [2.24, 2.45) is 0 Å². The summed E-state index contributed by atoms with van der Waals surface area (Å²) in [5.41, 5.74) is 0.518. The summed E-state index contributed by atoms with van der Waals surface area (Å²) in [6.07, 6.45) is 1.03. The lowest BCUT2D eigenvalue weighted by atomic mass is 10.3. The second-order valence-corrected chi connectivity index (χ2v) is 6.27. The number of carbonyl (C=O) groups is 1. The minimum atomic E-state index is -3.37. The van der Waals surface area contributed by atoms with Gasteiger partial charge in [0.2, 0.25) is 5.91 Å². The van der Waals surface area contributed by atoms with E-state index in [-0.39, 0.29) is 0 Å². The van der Waals surface area contributed by atoms with E-state index in [9.17, 15) is 13.2 Å². The minimum Gasteiger partial charge on any atom is -0.325 e. The smallest absolute Gasteiger partial charge is 0.242 e. The quantitative estimate of drug-likeness (QED) is 0.901. The van der Waals surface area contributed by atoms with Crippen molar-refractivity contribution < 1.29 is 13.2 Å². The van der Waals surface area contributed by atoms with Crippen LogP contribution in [0.2, 0.25) is 5.02 Å². The van der Waals surface area contributed by atoms with Crippen molar-refractivity contribution in [2.45, 2.75) is 12.2 Å². The van der Waals surface area contributed by atoms with E-state index >= 15 is 0 Å². The van der Waals surface area contributed by atoms with Crippen molar-refractivity contribution in [3.63, 3.8) is 0 Å². The Morgan fingerprint density at radius 3 is 2.25 bits per heavy atom. The van der Waals surface area contributed by atoms with Crippen LogP contribution in [0.4, 0.5) is 5.69 Å². The summed E-state index contributed by atoms with van der Waals surface area (Å²) < 4.78 is 22.3. The lowest BCUT2D eigenvalue weighted by Gasteiger charge is -2.10. The number of nitrogens with one attached hydrogen (secondary N) is 1. The zero-order chi connectivity index (χ0) is 12.3. The number of hydrogen-bond donors (Lipinski definition) is 1. The molecule has 0 aromatic heterocycles. The van der Waals surface area contributed by atoms with Crippen molar-refractivity contribution in [1.82, 2.24) is 0 Å². The zero-order valence-electron chi connectivity index (χ0n) is 8.90. The Morgan fingerprint density at radius 1 is 1.31 bits per heavy atom. The topological polar surface area (TPSA) is 63.2 Å². The van der Waals surface area contributed by atoms with Gasteiger partial charge in [0.15, 0.2) is 9.84 Å². The maximum atomic E-state index is 11.5. The highest BCUT2D eigenvalue weighted by atomic mass is 35.5. The Labute approximate surface area is 99.5 Å². The van der Waals surface area contributed by atoms with Gasteiger partial charge in [-0.1, -0.05) is 11.6 Å². The molecule has 1 aromatic rings. The molecule has 88 valence electrons. The molecule has 1 rings (SSSR count). The van der Waals surface area contributed by atoms with Gasteiger partial charge in [0.25, 0.3) is 0 Å². The fourth-order valence-electron chi connectivity index (χ4n) is 0.972. The van der Waals surface area contributed by atoms with Crippen LogP contribution in [-0.2, 0) is 14.6 Å². The van der Waals surface area contributed by atoms with E-state index in [0.29, 0.717) is 10.7 Å². The van der Waals surface area contributed by atoms with E-state index in [0.717, 1.165) is 6.26 Å². The molecule has 0 aliphatic carbocycles. The maximum absolute atomic E-state index is 11.5. The van der Waals surface area contributed by atoms with Crippen LogP contribution in [0.25, 0.3) is 0 Å². The van der Waals surface area contributed by atoms with Gasteiger partial charge in [0.1, 0.15) is 5.25 Å². The highest BCUT2D eigenvalue weighted by Crippen LogP contribution is 2.14. The first-order chi connectivity index (χ1) is 7.30. The summed E-state index contributed by atoms with van der Waals surface area (Å²) >= 11 is 5.67. The number of rotatable bonds is 3. The SMILES string of the molecule is CC(C(=O)Nc1ccc(Cl)cc1)S(C)(=O)=O. The second kappa shape index (κ2) is 4.84. The molecule has 0 aliphatic rings. The van der Waals surface area contributed by atoms with Crippen LogP contribution >= 0.6 is 11.6 Å². The number of halogens is 1. The summed E-state index contributed by atoms with van der Waals surface area (Å²) in [6, 6.07) is 6.44. The van der Waals surface area contributed by atoms with Gasteiger partial charge >= 0.3 is 0 Å². The molecule has 0 fully saturated rings. The van der Waals surface area contributed by atoms with Gasteiger partial charge < -0.3 is 5.32 Å². The van der Waals surface area contributed by atoms with Gasteiger partial charge in [0, 0.05) is 17.0 Å². The molecule has 1 N–H and O–H groups in total. The fraction of sp³-hybridized carbons (Fsp3) is 0.300. The van der Waals surface area contributed by atoms with E-state index in [2.05, 4.69) is 5.32 Å². The van der Waals surface area contributed by atoms with Crippen molar-refractivity contribution >= 4 is 33.0 Å². The van der Waals surface area contributed by atoms with E-state index < -0.39 is 21.0 Å². The van der Waals surface area contributed by atoms with Gasteiger partial charge in [-0.05, 0) is 31.2 Å². The van der Waals surface area contributed by atoms with Crippen LogP contribution in [0.3, 0.4) is 0 Å². The molecule has 1 aromatic carbocycles. The molecule has 0 heterocycles. The number of sulfone groups is 1. The summed E-state index contributed by atoms with van der Waals surface area (Å²) in [7, 11) is -3.37. The van der Waals surface area contributed by atoms with Crippen molar-refractivity contribution in [3.05, 3.63) is 29.3 Å². The van der Waals surface area contributed by atoms with Gasteiger partial charge in [0.05, 0.1) is 0 Å². The Kier molecular flexibility index (Phi) is 3.93. The van der Waals surface area contributed by atoms with E-state index in [4.69, 9.17) is 11.6 Å². The molecule has 0 spiro atoms. The first kappa shape index (κ1) is 13.0. The minimum absolute atomic E-state index is 0.518. The molecular weight excluding hydrogens is 250 g/mol. The molecular formula is C10H12ClNO3S. The predicted molar refractivity (Wildman–Crippen MR) is 64.4 cm³/mol. The average Bonchev–Trinajstić information content (AvgIpc) is 2.19. The third-order valence-electron chi connectivity index (χ3n) is 2.12. The Bertz CT molecular complexity index is 481. The van der Waals surface area contributed by atoms with Crippen LogP contribution in [-0.4, -0.2) is 25.8 Å². The number of anilines is 1. The van der Waals surface area contributed by atoms with Crippen LogP contribution in [0.5, 0.6) is 0 Å². The summed E-state index contributed by atoms with van der Waals surface area (Å²) in [5, 5.41) is 1.98. The van der Waals surface area contributed by atoms with Gasteiger partial charge in [-0.3, -0.25) is 4.79 Å². The monoisotopic (exact) mass is 261 g/mol. The molecule has 1 atom stereocenters. The molecule has 1 amide bonds. The highest BCUT2D eigenvalue weighted by molar-refractivity contribution is 7.92. The molecule has 0 saturated heterocycles. The van der Waals surface area contributed by atoms with Crippen LogP contribution in [0.1, 0.15) is 6.92 Å². The molecule has 0 saturated carbocycles. The molecule has 0 radical (unpaired) electrons. The van der Waals surface area contributed by atoms with Gasteiger partial charge in [-0.15, -0.1) is 0 Å². The summed E-state index contributed by atoms with van der Waals surface area (Å²) in [4.78, 5) is 11.5. The molecule has 6 heteroatoms. The third kappa shape index (κ3) is 3.50. The molecule has 1 unspecified atom stereocenters. The normalized spacial score (nSPS) is 13.2. The largest absolute Gasteiger partial charge is 0.325 e. The standard InChI is InChI=1S/C10H12ClNO3S/c1-7(16(2,14)15)10(13)12-9-5-3-8(11)4-6-9/h3-7H,1-2H3,(H,12,13). The van der Waals surface area contributed by atoms with Crippen molar-refractivity contribution in [2.75, 3.05) is 11.6 Å². The van der Waals surface area contributed by atoms with Gasteiger partial charge in [-0.2, -0.15) is 0 Å². The molecule has 4 nitrogen and oxygen atoms in total. The molecule has 0 bridgehead atoms. The molecule has 16 heavy (non-hydrogen) atoms. The Balaban J connectivity index is 2.76. The summed E-state index contributed by atoms with van der Waals surface area (Å²) in [6.45, 7) is 1.35.